The van der Waals surface area contributed by atoms with E-state index in [9.17, 15) is 4.79 Å². The molecule has 1 unspecified atom stereocenters. The molecule has 1 aromatic rings. The zero-order chi connectivity index (χ0) is 15.4. The summed E-state index contributed by atoms with van der Waals surface area (Å²) >= 11 is 0. The van der Waals surface area contributed by atoms with Crippen molar-refractivity contribution in [3.05, 3.63) is 17.5 Å². The fourth-order valence-corrected chi connectivity index (χ4v) is 3.29. The fraction of sp³-hybridized carbons (Fsp3) is 0.750. The second kappa shape index (κ2) is 7.24. The molecule has 0 saturated carbocycles. The van der Waals surface area contributed by atoms with E-state index in [-0.39, 0.29) is 17.9 Å². The lowest BCUT2D eigenvalue weighted by atomic mass is 9.96. The van der Waals surface area contributed by atoms with Gasteiger partial charge in [-0.15, -0.1) is 0 Å². The fourth-order valence-electron chi connectivity index (χ4n) is 3.29. The van der Waals surface area contributed by atoms with E-state index < -0.39 is 0 Å². The molecule has 0 aliphatic carbocycles. The first kappa shape index (κ1) is 15.5. The van der Waals surface area contributed by atoms with Crippen LogP contribution in [0.3, 0.4) is 0 Å². The summed E-state index contributed by atoms with van der Waals surface area (Å²) in [6.07, 6.45) is 3.89. The zero-order valence-corrected chi connectivity index (χ0v) is 13.2. The van der Waals surface area contributed by atoms with E-state index in [0.717, 1.165) is 70.0 Å². The smallest absolute Gasteiger partial charge is 0.224 e. The van der Waals surface area contributed by atoms with Crippen molar-refractivity contribution in [3.63, 3.8) is 0 Å². The van der Waals surface area contributed by atoms with Crippen LogP contribution in [0.1, 0.15) is 37.1 Å². The average Bonchev–Trinajstić information content (AvgIpc) is 2.93. The minimum Gasteiger partial charge on any atom is -0.381 e. The molecule has 0 bridgehead atoms. The largest absolute Gasteiger partial charge is 0.381 e. The number of hydrogen-bond acceptors (Lipinski definition) is 5. The number of ether oxygens (including phenoxy) is 1. The van der Waals surface area contributed by atoms with Crippen LogP contribution in [0.2, 0.25) is 0 Å². The van der Waals surface area contributed by atoms with E-state index in [4.69, 9.17) is 9.26 Å². The lowest BCUT2D eigenvalue weighted by molar-refractivity contribution is -0.128. The summed E-state index contributed by atoms with van der Waals surface area (Å²) in [4.78, 5) is 14.7. The molecule has 122 valence electrons. The van der Waals surface area contributed by atoms with E-state index in [1.165, 1.54) is 0 Å². The minimum absolute atomic E-state index is 0.0839. The third-order valence-electron chi connectivity index (χ3n) is 4.50. The van der Waals surface area contributed by atoms with Crippen molar-refractivity contribution >= 4 is 5.91 Å². The van der Waals surface area contributed by atoms with Crippen molar-refractivity contribution in [1.82, 2.24) is 15.4 Å². The Hall–Kier alpha value is -1.40. The van der Waals surface area contributed by atoms with Gasteiger partial charge in [0.1, 0.15) is 0 Å². The molecule has 0 radical (unpaired) electrons. The summed E-state index contributed by atoms with van der Waals surface area (Å²) in [5.74, 6) is 1.16. The number of carbonyl (C=O) groups is 1. The number of likely N-dealkylation sites (tertiary alicyclic amines) is 1. The predicted octanol–water partition coefficient (Wildman–Crippen LogP) is 1.49. The van der Waals surface area contributed by atoms with Crippen molar-refractivity contribution in [2.75, 3.05) is 26.3 Å². The lowest BCUT2D eigenvalue weighted by Crippen LogP contribution is -2.47. The van der Waals surface area contributed by atoms with E-state index in [1.54, 1.807) is 0 Å². The molecule has 1 atom stereocenters. The highest BCUT2D eigenvalue weighted by Gasteiger charge is 2.28. The number of aryl methyl sites for hydroxylation is 1. The number of hydrogen-bond donors (Lipinski definition) is 1. The summed E-state index contributed by atoms with van der Waals surface area (Å²) in [5.41, 5.74) is 0.904. The van der Waals surface area contributed by atoms with Gasteiger partial charge >= 0.3 is 0 Å². The van der Waals surface area contributed by atoms with Gasteiger partial charge in [-0.2, -0.15) is 0 Å². The van der Waals surface area contributed by atoms with Crippen LogP contribution < -0.4 is 5.32 Å². The van der Waals surface area contributed by atoms with Gasteiger partial charge in [0.2, 0.25) is 5.91 Å². The van der Waals surface area contributed by atoms with E-state index in [1.807, 2.05) is 13.0 Å². The number of piperidine rings is 1. The van der Waals surface area contributed by atoms with Gasteiger partial charge < -0.3 is 14.6 Å². The van der Waals surface area contributed by atoms with Crippen LogP contribution in [0.5, 0.6) is 0 Å². The zero-order valence-electron chi connectivity index (χ0n) is 13.2. The van der Waals surface area contributed by atoms with E-state index in [2.05, 4.69) is 15.4 Å². The number of amides is 1. The molecule has 0 spiro atoms. The van der Waals surface area contributed by atoms with Crippen LogP contribution >= 0.6 is 0 Å². The molecule has 1 aromatic heterocycles. The molecule has 2 aliphatic rings. The normalized spacial score (nSPS) is 24.3. The highest BCUT2D eigenvalue weighted by Crippen LogP contribution is 2.20. The molecule has 2 aliphatic heterocycles. The van der Waals surface area contributed by atoms with Gasteiger partial charge in [-0.3, -0.25) is 9.69 Å². The summed E-state index contributed by atoms with van der Waals surface area (Å²) < 4.78 is 10.6. The van der Waals surface area contributed by atoms with Crippen molar-refractivity contribution in [3.8, 4) is 0 Å². The quantitative estimate of drug-likeness (QED) is 0.913. The summed E-state index contributed by atoms with van der Waals surface area (Å²) in [7, 11) is 0. The summed E-state index contributed by atoms with van der Waals surface area (Å²) in [6, 6.07) is 2.25. The third kappa shape index (κ3) is 4.08. The van der Waals surface area contributed by atoms with E-state index in [0.29, 0.717) is 0 Å². The average molecular weight is 307 g/mol. The van der Waals surface area contributed by atoms with Gasteiger partial charge in [0, 0.05) is 31.9 Å². The Bertz CT molecular complexity index is 497. The standard InChI is InChI=1S/C16H25N3O3/c1-12-9-15(22-18-12)11-19-6-2-3-13(10-19)16(20)17-14-4-7-21-8-5-14/h9,13-14H,2-8,10-11H2,1H3,(H,17,20). The maximum atomic E-state index is 12.5. The highest BCUT2D eigenvalue weighted by molar-refractivity contribution is 5.79. The van der Waals surface area contributed by atoms with Crippen molar-refractivity contribution in [2.45, 2.75) is 45.2 Å². The first-order valence-electron chi connectivity index (χ1n) is 8.23. The van der Waals surface area contributed by atoms with Crippen LogP contribution in [0, 0.1) is 12.8 Å². The first-order chi connectivity index (χ1) is 10.7. The predicted molar refractivity (Wildman–Crippen MR) is 81.2 cm³/mol. The maximum Gasteiger partial charge on any atom is 0.224 e. The molecule has 3 heterocycles. The second-order valence-corrected chi connectivity index (χ2v) is 6.40. The Morgan fingerprint density at radius 3 is 2.95 bits per heavy atom. The summed E-state index contributed by atoms with van der Waals surface area (Å²) in [6.45, 7) is 5.99. The molecule has 1 amide bonds. The molecule has 6 heteroatoms. The molecular weight excluding hydrogens is 282 g/mol. The minimum atomic E-state index is 0.0839. The lowest BCUT2D eigenvalue weighted by Gasteiger charge is -2.32. The first-order valence-corrected chi connectivity index (χ1v) is 8.23. The molecule has 22 heavy (non-hydrogen) atoms. The number of aromatic nitrogens is 1. The molecule has 0 aromatic carbocycles. The Morgan fingerprint density at radius 1 is 1.41 bits per heavy atom. The number of nitrogens with zero attached hydrogens (tertiary/aromatic N) is 2. The van der Waals surface area contributed by atoms with Crippen LogP contribution in [0.15, 0.2) is 10.6 Å². The topological polar surface area (TPSA) is 67.6 Å². The van der Waals surface area contributed by atoms with Crippen molar-refractivity contribution in [1.29, 1.82) is 0 Å². The molecular formula is C16H25N3O3. The highest BCUT2D eigenvalue weighted by atomic mass is 16.5. The molecule has 2 fully saturated rings. The molecule has 1 N–H and O–H groups in total. The second-order valence-electron chi connectivity index (χ2n) is 6.40. The van der Waals surface area contributed by atoms with Gasteiger partial charge in [-0.05, 0) is 39.2 Å². The maximum absolute atomic E-state index is 12.5. The van der Waals surface area contributed by atoms with Gasteiger partial charge in [-0.25, -0.2) is 0 Å². The Kier molecular flexibility index (Phi) is 5.10. The van der Waals surface area contributed by atoms with Gasteiger partial charge in [-0.1, -0.05) is 5.16 Å². The number of rotatable bonds is 4. The number of nitrogens with one attached hydrogen (secondary N) is 1. The van der Waals surface area contributed by atoms with Crippen LogP contribution in [-0.2, 0) is 16.1 Å². The summed E-state index contributed by atoms with van der Waals surface area (Å²) in [5, 5.41) is 7.12. The monoisotopic (exact) mass is 307 g/mol. The molecule has 2 saturated heterocycles. The SMILES string of the molecule is Cc1cc(CN2CCCC(C(=O)NC3CCOCC3)C2)on1. The Labute approximate surface area is 131 Å². The number of carbonyl (C=O) groups excluding carboxylic acids is 1. The van der Waals surface area contributed by atoms with Crippen LogP contribution in [-0.4, -0.2) is 48.3 Å². The van der Waals surface area contributed by atoms with Crippen molar-refractivity contribution in [2.24, 2.45) is 5.92 Å². The van der Waals surface area contributed by atoms with Gasteiger partial charge in [0.05, 0.1) is 18.2 Å². The van der Waals surface area contributed by atoms with Crippen molar-refractivity contribution < 1.29 is 14.1 Å². The van der Waals surface area contributed by atoms with Gasteiger partial charge in [0.25, 0.3) is 0 Å². The van der Waals surface area contributed by atoms with Crippen LogP contribution in [0.25, 0.3) is 0 Å². The Morgan fingerprint density at radius 2 is 2.23 bits per heavy atom. The van der Waals surface area contributed by atoms with Gasteiger partial charge in [0.15, 0.2) is 5.76 Å². The third-order valence-corrected chi connectivity index (χ3v) is 4.50. The molecule has 6 nitrogen and oxygen atoms in total. The van der Waals surface area contributed by atoms with Crippen LogP contribution in [0.4, 0.5) is 0 Å². The molecule has 3 rings (SSSR count). The van der Waals surface area contributed by atoms with E-state index >= 15 is 0 Å². The Balaban J connectivity index is 1.49.